The van der Waals surface area contributed by atoms with E-state index < -0.39 is 5.60 Å². The summed E-state index contributed by atoms with van der Waals surface area (Å²) in [6, 6.07) is 8.84. The minimum Gasteiger partial charge on any atom is -0.389 e. The van der Waals surface area contributed by atoms with Crippen LogP contribution in [0, 0.1) is 5.92 Å². The van der Waals surface area contributed by atoms with Crippen molar-refractivity contribution in [1.29, 1.82) is 0 Å². The van der Waals surface area contributed by atoms with Gasteiger partial charge in [0.1, 0.15) is 0 Å². The van der Waals surface area contributed by atoms with Crippen molar-refractivity contribution in [3.8, 4) is 0 Å². The molecule has 0 radical (unpaired) electrons. The fourth-order valence-electron chi connectivity index (χ4n) is 2.91. The fourth-order valence-corrected chi connectivity index (χ4v) is 2.91. The van der Waals surface area contributed by atoms with Gasteiger partial charge in [-0.05, 0) is 36.3 Å². The quantitative estimate of drug-likeness (QED) is 0.823. The second kappa shape index (κ2) is 6.53. The smallest absolute Gasteiger partial charge is 0.0771 e. The van der Waals surface area contributed by atoms with Crippen molar-refractivity contribution in [2.24, 2.45) is 5.92 Å². The molecule has 19 heavy (non-hydrogen) atoms. The Morgan fingerprint density at radius 2 is 1.68 bits per heavy atom. The maximum absolute atomic E-state index is 10.3. The first-order valence-electron chi connectivity index (χ1n) is 7.58. The van der Waals surface area contributed by atoms with Gasteiger partial charge in [0, 0.05) is 13.1 Å². The molecule has 0 aliphatic heterocycles. The van der Waals surface area contributed by atoms with E-state index in [1.807, 2.05) is 0 Å². The van der Waals surface area contributed by atoms with Gasteiger partial charge in [-0.2, -0.15) is 0 Å². The fraction of sp³-hybridized carbons (Fsp3) is 0.647. The summed E-state index contributed by atoms with van der Waals surface area (Å²) >= 11 is 0. The van der Waals surface area contributed by atoms with Crippen molar-refractivity contribution in [1.82, 2.24) is 5.32 Å². The third kappa shape index (κ3) is 4.63. The van der Waals surface area contributed by atoms with E-state index in [1.165, 1.54) is 24.0 Å². The van der Waals surface area contributed by atoms with E-state index in [0.717, 1.165) is 32.4 Å². The number of rotatable bonds is 6. The SMILES string of the molecule is CC(C)Cc1ccc(CNCC2(O)CCCC2)cc1. The first-order chi connectivity index (χ1) is 9.07. The van der Waals surface area contributed by atoms with Crippen LogP contribution in [0.15, 0.2) is 24.3 Å². The van der Waals surface area contributed by atoms with Crippen LogP contribution in [0.3, 0.4) is 0 Å². The van der Waals surface area contributed by atoms with Crippen LogP contribution >= 0.6 is 0 Å². The highest BCUT2D eigenvalue weighted by atomic mass is 16.3. The van der Waals surface area contributed by atoms with E-state index in [-0.39, 0.29) is 0 Å². The Morgan fingerprint density at radius 3 is 2.26 bits per heavy atom. The molecule has 2 N–H and O–H groups in total. The number of hydrogen-bond acceptors (Lipinski definition) is 2. The van der Waals surface area contributed by atoms with Gasteiger partial charge in [-0.3, -0.25) is 0 Å². The van der Waals surface area contributed by atoms with E-state index >= 15 is 0 Å². The standard InChI is InChI=1S/C17H27NO/c1-14(2)11-15-5-7-16(8-6-15)12-18-13-17(19)9-3-4-10-17/h5-8,14,18-19H,3-4,9-13H2,1-2H3. The lowest BCUT2D eigenvalue weighted by molar-refractivity contribution is 0.0475. The molecule has 0 atom stereocenters. The van der Waals surface area contributed by atoms with Crippen LogP contribution in [0.5, 0.6) is 0 Å². The van der Waals surface area contributed by atoms with Crippen LogP contribution in [0.2, 0.25) is 0 Å². The molecule has 0 heterocycles. The Balaban J connectivity index is 1.76. The Labute approximate surface area is 117 Å². The zero-order chi connectivity index (χ0) is 13.7. The molecule has 2 nitrogen and oxygen atoms in total. The molecule has 1 aromatic carbocycles. The average molecular weight is 261 g/mol. The normalized spacial score (nSPS) is 18.1. The predicted octanol–water partition coefficient (Wildman–Crippen LogP) is 3.28. The second-order valence-electron chi connectivity index (χ2n) is 6.45. The van der Waals surface area contributed by atoms with Crippen molar-refractivity contribution in [2.75, 3.05) is 6.54 Å². The monoisotopic (exact) mass is 261 g/mol. The lowest BCUT2D eigenvalue weighted by Crippen LogP contribution is -2.37. The van der Waals surface area contributed by atoms with Crippen molar-refractivity contribution < 1.29 is 5.11 Å². The molecule has 1 saturated carbocycles. The lowest BCUT2D eigenvalue weighted by atomic mass is 10.0. The molecule has 106 valence electrons. The van der Waals surface area contributed by atoms with Gasteiger partial charge < -0.3 is 10.4 Å². The topological polar surface area (TPSA) is 32.3 Å². The predicted molar refractivity (Wildman–Crippen MR) is 80.1 cm³/mol. The van der Waals surface area contributed by atoms with Gasteiger partial charge in [-0.1, -0.05) is 51.0 Å². The third-order valence-corrected chi connectivity index (χ3v) is 3.98. The summed E-state index contributed by atoms with van der Waals surface area (Å²) in [6.45, 7) is 6.07. The molecule has 1 aromatic rings. The van der Waals surface area contributed by atoms with Crippen molar-refractivity contribution in [3.63, 3.8) is 0 Å². The van der Waals surface area contributed by atoms with Crippen molar-refractivity contribution in [2.45, 2.75) is 58.1 Å². The highest BCUT2D eigenvalue weighted by Gasteiger charge is 2.30. The van der Waals surface area contributed by atoms with Crippen LogP contribution in [0.1, 0.15) is 50.7 Å². The van der Waals surface area contributed by atoms with Gasteiger partial charge in [-0.15, -0.1) is 0 Å². The molecule has 2 heteroatoms. The van der Waals surface area contributed by atoms with E-state index in [1.54, 1.807) is 0 Å². The first-order valence-corrected chi connectivity index (χ1v) is 7.58. The Kier molecular flexibility index (Phi) is 5.00. The second-order valence-corrected chi connectivity index (χ2v) is 6.45. The van der Waals surface area contributed by atoms with Gasteiger partial charge in [0.05, 0.1) is 5.60 Å². The van der Waals surface area contributed by atoms with Crippen LogP contribution in [0.25, 0.3) is 0 Å². The average Bonchev–Trinajstić information content (AvgIpc) is 2.78. The summed E-state index contributed by atoms with van der Waals surface area (Å²) in [5.74, 6) is 0.709. The zero-order valence-corrected chi connectivity index (χ0v) is 12.3. The van der Waals surface area contributed by atoms with Gasteiger partial charge in [-0.25, -0.2) is 0 Å². The molecule has 0 aromatic heterocycles. The molecule has 0 bridgehead atoms. The van der Waals surface area contributed by atoms with E-state index in [2.05, 4.69) is 43.4 Å². The summed E-state index contributed by atoms with van der Waals surface area (Å²) in [5, 5.41) is 13.6. The highest BCUT2D eigenvalue weighted by molar-refractivity contribution is 5.22. The molecule has 1 aliphatic carbocycles. The van der Waals surface area contributed by atoms with Gasteiger partial charge in [0.2, 0.25) is 0 Å². The lowest BCUT2D eigenvalue weighted by Gasteiger charge is -2.22. The van der Waals surface area contributed by atoms with E-state index in [9.17, 15) is 5.11 Å². The molecule has 1 fully saturated rings. The Hall–Kier alpha value is -0.860. The number of benzene rings is 1. The molecular formula is C17H27NO. The van der Waals surface area contributed by atoms with E-state index in [4.69, 9.17) is 0 Å². The number of nitrogens with one attached hydrogen (secondary N) is 1. The summed E-state index contributed by atoms with van der Waals surface area (Å²) in [5.41, 5.74) is 2.26. The Bertz CT molecular complexity index is 377. The third-order valence-electron chi connectivity index (χ3n) is 3.98. The van der Waals surface area contributed by atoms with Gasteiger partial charge >= 0.3 is 0 Å². The van der Waals surface area contributed by atoms with Crippen LogP contribution in [-0.4, -0.2) is 17.3 Å². The summed E-state index contributed by atoms with van der Waals surface area (Å²) in [7, 11) is 0. The maximum Gasteiger partial charge on any atom is 0.0771 e. The molecular weight excluding hydrogens is 234 g/mol. The molecule has 2 rings (SSSR count). The summed E-state index contributed by atoms with van der Waals surface area (Å²) < 4.78 is 0. The van der Waals surface area contributed by atoms with Crippen LogP contribution in [0.4, 0.5) is 0 Å². The zero-order valence-electron chi connectivity index (χ0n) is 12.3. The van der Waals surface area contributed by atoms with Crippen LogP contribution < -0.4 is 5.32 Å². The van der Waals surface area contributed by atoms with Gasteiger partial charge in [0.25, 0.3) is 0 Å². The van der Waals surface area contributed by atoms with E-state index in [0.29, 0.717) is 5.92 Å². The number of hydrogen-bond donors (Lipinski definition) is 2. The highest BCUT2D eigenvalue weighted by Crippen LogP contribution is 2.28. The summed E-state index contributed by atoms with van der Waals surface area (Å²) in [4.78, 5) is 0. The molecule has 0 unspecified atom stereocenters. The molecule has 0 saturated heterocycles. The van der Waals surface area contributed by atoms with Gasteiger partial charge in [0.15, 0.2) is 0 Å². The Morgan fingerprint density at radius 1 is 1.11 bits per heavy atom. The molecule has 0 spiro atoms. The maximum atomic E-state index is 10.3. The minimum atomic E-state index is -0.447. The molecule has 1 aliphatic rings. The summed E-state index contributed by atoms with van der Waals surface area (Å²) in [6.07, 6.45) is 5.39. The largest absolute Gasteiger partial charge is 0.389 e. The van der Waals surface area contributed by atoms with Crippen molar-refractivity contribution >= 4 is 0 Å². The molecule has 0 amide bonds. The van der Waals surface area contributed by atoms with Crippen molar-refractivity contribution in [3.05, 3.63) is 35.4 Å². The minimum absolute atomic E-state index is 0.447. The first kappa shape index (κ1) is 14.5. The number of aliphatic hydroxyl groups is 1. The van der Waals surface area contributed by atoms with Crippen LogP contribution in [-0.2, 0) is 13.0 Å².